The van der Waals surface area contributed by atoms with Gasteiger partial charge >= 0.3 is 0 Å². The summed E-state index contributed by atoms with van der Waals surface area (Å²) < 4.78 is 0.872. The van der Waals surface area contributed by atoms with E-state index < -0.39 is 0 Å². The summed E-state index contributed by atoms with van der Waals surface area (Å²) in [6.07, 6.45) is 0. The lowest BCUT2D eigenvalue weighted by Crippen LogP contribution is -2.46. The van der Waals surface area contributed by atoms with Gasteiger partial charge in [-0.05, 0) is 25.0 Å². The summed E-state index contributed by atoms with van der Waals surface area (Å²) in [6.45, 7) is 11.4. The summed E-state index contributed by atoms with van der Waals surface area (Å²) in [5, 5.41) is 0. The van der Waals surface area contributed by atoms with Crippen molar-refractivity contribution in [1.29, 1.82) is 0 Å². The number of hydrogen-bond acceptors (Lipinski definition) is 5. The van der Waals surface area contributed by atoms with Crippen molar-refractivity contribution in [3.63, 3.8) is 0 Å². The average molecular weight is 351 g/mol. The second kappa shape index (κ2) is 7.16. The molecule has 23 heavy (non-hydrogen) atoms. The third kappa shape index (κ3) is 4.22. The number of thiophene rings is 1. The summed E-state index contributed by atoms with van der Waals surface area (Å²) in [5.74, 6) is 2.36. The van der Waals surface area contributed by atoms with Gasteiger partial charge in [0.1, 0.15) is 11.6 Å². The van der Waals surface area contributed by atoms with Gasteiger partial charge in [0, 0.05) is 49.4 Å². The van der Waals surface area contributed by atoms with Crippen LogP contribution in [0.1, 0.15) is 36.2 Å². The molecule has 4 nitrogen and oxygen atoms in total. The van der Waals surface area contributed by atoms with Crippen molar-refractivity contribution >= 4 is 28.8 Å². The molecular formula is C17H23ClN4S. The van der Waals surface area contributed by atoms with E-state index in [2.05, 4.69) is 45.7 Å². The van der Waals surface area contributed by atoms with Crippen molar-refractivity contribution in [3.05, 3.63) is 38.9 Å². The van der Waals surface area contributed by atoms with Gasteiger partial charge in [0.05, 0.1) is 4.34 Å². The van der Waals surface area contributed by atoms with Crippen LogP contribution >= 0.6 is 22.9 Å². The highest BCUT2D eigenvalue weighted by Gasteiger charge is 2.20. The van der Waals surface area contributed by atoms with Crippen molar-refractivity contribution in [2.45, 2.75) is 33.2 Å². The number of halogens is 1. The van der Waals surface area contributed by atoms with Crippen LogP contribution in [0.25, 0.3) is 0 Å². The van der Waals surface area contributed by atoms with Gasteiger partial charge in [-0.3, -0.25) is 4.90 Å². The molecule has 2 aromatic rings. The standard InChI is InChI=1S/C17H23ClN4S/c1-12(2)15-10-17(20-13(3)19-15)22-8-6-21(7-9-22)11-14-4-5-16(18)23-14/h4-5,10,12H,6-9,11H2,1-3H3. The van der Waals surface area contributed by atoms with Gasteiger partial charge in [0.25, 0.3) is 0 Å². The zero-order valence-electron chi connectivity index (χ0n) is 13.9. The van der Waals surface area contributed by atoms with Gasteiger partial charge in [0.2, 0.25) is 0 Å². The van der Waals surface area contributed by atoms with Crippen LogP contribution in [0.15, 0.2) is 18.2 Å². The SMILES string of the molecule is Cc1nc(C(C)C)cc(N2CCN(Cc3ccc(Cl)s3)CC2)n1. The summed E-state index contributed by atoms with van der Waals surface area (Å²) in [5.41, 5.74) is 1.13. The number of piperazine rings is 1. The number of aromatic nitrogens is 2. The van der Waals surface area contributed by atoms with Crippen LogP contribution < -0.4 is 4.90 Å². The third-order valence-corrected chi connectivity index (χ3v) is 5.36. The highest BCUT2D eigenvalue weighted by molar-refractivity contribution is 7.16. The Morgan fingerprint density at radius 1 is 1.17 bits per heavy atom. The minimum Gasteiger partial charge on any atom is -0.354 e. The van der Waals surface area contributed by atoms with Crippen molar-refractivity contribution in [2.75, 3.05) is 31.1 Å². The van der Waals surface area contributed by atoms with E-state index in [1.807, 2.05) is 13.0 Å². The summed E-state index contributed by atoms with van der Waals surface area (Å²) >= 11 is 7.69. The minimum absolute atomic E-state index is 0.431. The van der Waals surface area contributed by atoms with Crippen LogP contribution in [0.2, 0.25) is 4.34 Å². The van der Waals surface area contributed by atoms with E-state index in [0.29, 0.717) is 5.92 Å². The maximum atomic E-state index is 6.01. The lowest BCUT2D eigenvalue weighted by atomic mass is 10.1. The van der Waals surface area contributed by atoms with Gasteiger partial charge in [0.15, 0.2) is 0 Å². The summed E-state index contributed by atoms with van der Waals surface area (Å²) in [6, 6.07) is 6.25. The van der Waals surface area contributed by atoms with Crippen LogP contribution in [0.3, 0.4) is 0 Å². The number of rotatable bonds is 4. The zero-order valence-corrected chi connectivity index (χ0v) is 15.5. The van der Waals surface area contributed by atoms with Gasteiger partial charge in [-0.15, -0.1) is 11.3 Å². The van der Waals surface area contributed by atoms with Crippen LogP contribution in [-0.2, 0) is 6.54 Å². The molecule has 0 aliphatic carbocycles. The van der Waals surface area contributed by atoms with Crippen LogP contribution in [0.5, 0.6) is 0 Å². The normalized spacial score (nSPS) is 16.3. The maximum Gasteiger partial charge on any atom is 0.132 e. The number of aryl methyl sites for hydroxylation is 1. The molecule has 3 rings (SSSR count). The van der Waals surface area contributed by atoms with Gasteiger partial charge in [-0.1, -0.05) is 25.4 Å². The Balaban J connectivity index is 1.62. The number of nitrogens with zero attached hydrogens (tertiary/aromatic N) is 4. The molecule has 0 unspecified atom stereocenters. The molecule has 0 bridgehead atoms. The van der Waals surface area contributed by atoms with Crippen molar-refractivity contribution in [1.82, 2.24) is 14.9 Å². The molecule has 1 aliphatic heterocycles. The smallest absolute Gasteiger partial charge is 0.132 e. The first-order valence-electron chi connectivity index (χ1n) is 8.08. The first-order valence-corrected chi connectivity index (χ1v) is 9.28. The number of hydrogen-bond donors (Lipinski definition) is 0. The fourth-order valence-corrected chi connectivity index (χ4v) is 3.95. The van der Waals surface area contributed by atoms with E-state index >= 15 is 0 Å². The van der Waals surface area contributed by atoms with E-state index in [-0.39, 0.29) is 0 Å². The second-order valence-corrected chi connectivity index (χ2v) is 8.12. The van der Waals surface area contributed by atoms with Gasteiger partial charge in [-0.2, -0.15) is 0 Å². The highest BCUT2D eigenvalue weighted by Crippen LogP contribution is 2.24. The molecule has 6 heteroatoms. The Labute approximate surface area is 147 Å². The van der Waals surface area contributed by atoms with Crippen LogP contribution in [0.4, 0.5) is 5.82 Å². The summed E-state index contributed by atoms with van der Waals surface area (Å²) in [7, 11) is 0. The molecule has 124 valence electrons. The lowest BCUT2D eigenvalue weighted by Gasteiger charge is -2.35. The molecule has 0 radical (unpaired) electrons. The first kappa shape index (κ1) is 16.7. The molecule has 3 heterocycles. The topological polar surface area (TPSA) is 32.3 Å². The van der Waals surface area contributed by atoms with Crippen LogP contribution in [0, 0.1) is 6.92 Å². The average Bonchev–Trinajstić information content (AvgIpc) is 2.92. The largest absolute Gasteiger partial charge is 0.354 e. The molecule has 1 saturated heterocycles. The quantitative estimate of drug-likeness (QED) is 0.835. The minimum atomic E-state index is 0.431. The molecule has 0 aromatic carbocycles. The second-order valence-electron chi connectivity index (χ2n) is 6.32. The fraction of sp³-hybridized carbons (Fsp3) is 0.529. The third-order valence-electron chi connectivity index (χ3n) is 4.14. The van der Waals surface area contributed by atoms with E-state index in [1.165, 1.54) is 4.88 Å². The molecule has 0 N–H and O–H groups in total. The molecule has 0 saturated carbocycles. The first-order chi connectivity index (χ1) is 11.0. The Hall–Kier alpha value is -1.17. The van der Waals surface area contributed by atoms with Crippen LogP contribution in [-0.4, -0.2) is 41.0 Å². The predicted octanol–water partition coefficient (Wildman–Crippen LogP) is 3.95. The molecule has 0 spiro atoms. The monoisotopic (exact) mass is 350 g/mol. The fourth-order valence-electron chi connectivity index (χ4n) is 2.82. The van der Waals surface area contributed by atoms with Crippen molar-refractivity contribution in [2.24, 2.45) is 0 Å². The molecule has 1 fully saturated rings. The van der Waals surface area contributed by atoms with E-state index in [1.54, 1.807) is 11.3 Å². The zero-order chi connectivity index (χ0) is 16.4. The molecular weight excluding hydrogens is 328 g/mol. The van der Waals surface area contributed by atoms with E-state index in [4.69, 9.17) is 11.6 Å². The number of anilines is 1. The van der Waals surface area contributed by atoms with E-state index in [0.717, 1.165) is 54.4 Å². The Morgan fingerprint density at radius 2 is 1.91 bits per heavy atom. The van der Waals surface area contributed by atoms with Crippen molar-refractivity contribution in [3.8, 4) is 0 Å². The Bertz CT molecular complexity index is 662. The maximum absolute atomic E-state index is 6.01. The van der Waals surface area contributed by atoms with E-state index in [9.17, 15) is 0 Å². The highest BCUT2D eigenvalue weighted by atomic mass is 35.5. The van der Waals surface area contributed by atoms with Gasteiger partial charge < -0.3 is 4.90 Å². The van der Waals surface area contributed by atoms with Crippen molar-refractivity contribution < 1.29 is 0 Å². The molecule has 0 atom stereocenters. The predicted molar refractivity (Wildman–Crippen MR) is 97.7 cm³/mol. The Kier molecular flexibility index (Phi) is 5.19. The van der Waals surface area contributed by atoms with Gasteiger partial charge in [-0.25, -0.2) is 9.97 Å². The molecule has 2 aromatic heterocycles. The molecule has 1 aliphatic rings. The molecule has 0 amide bonds. The Morgan fingerprint density at radius 3 is 2.52 bits per heavy atom. The summed E-state index contributed by atoms with van der Waals surface area (Å²) in [4.78, 5) is 15.4. The lowest BCUT2D eigenvalue weighted by molar-refractivity contribution is 0.251.